The van der Waals surface area contributed by atoms with Crippen molar-refractivity contribution in [2.45, 2.75) is 38.3 Å². The van der Waals surface area contributed by atoms with Gasteiger partial charge in [0.1, 0.15) is 0 Å². The van der Waals surface area contributed by atoms with Gasteiger partial charge in [0.2, 0.25) is 0 Å². The number of nitrogens with two attached hydrogens (primary N) is 1. The van der Waals surface area contributed by atoms with E-state index in [0.29, 0.717) is 0 Å². The number of hydrogen-bond acceptors (Lipinski definition) is 3. The minimum Gasteiger partial charge on any atom is -0.312 e. The summed E-state index contributed by atoms with van der Waals surface area (Å²) in [7, 11) is 1.79. The molecule has 1 unspecified atom stereocenters. The van der Waals surface area contributed by atoms with Gasteiger partial charge < -0.3 is 10.6 Å². The Balaban J connectivity index is 1.90. The van der Waals surface area contributed by atoms with Gasteiger partial charge in [-0.15, -0.1) is 0 Å². The van der Waals surface area contributed by atoms with Crippen molar-refractivity contribution in [1.29, 1.82) is 0 Å². The highest BCUT2D eigenvalue weighted by Crippen LogP contribution is 2.56. The smallest absolute Gasteiger partial charge is 0.266 e. The topological polar surface area (TPSA) is 58.7 Å². The van der Waals surface area contributed by atoms with Gasteiger partial charge >= 0.3 is 0 Å². The van der Waals surface area contributed by atoms with Gasteiger partial charge in [-0.1, -0.05) is 18.2 Å². The Bertz CT molecular complexity index is 629. The lowest BCUT2D eigenvalue weighted by molar-refractivity contribution is -0.119. The summed E-state index contributed by atoms with van der Waals surface area (Å²) in [4.78, 5) is 18.7. The zero-order chi connectivity index (χ0) is 14.6. The van der Waals surface area contributed by atoms with Crippen molar-refractivity contribution in [2.75, 3.05) is 11.9 Å². The van der Waals surface area contributed by atoms with Crippen molar-refractivity contribution in [3.05, 3.63) is 29.8 Å². The van der Waals surface area contributed by atoms with E-state index >= 15 is 0 Å². The van der Waals surface area contributed by atoms with Crippen LogP contribution in [0.4, 0.5) is 5.69 Å². The zero-order valence-corrected chi connectivity index (χ0v) is 12.4. The molecule has 4 nitrogen and oxygen atoms in total. The fraction of sp³-hybridized carbons (Fsp3) is 0.529. The second kappa shape index (κ2) is 4.41. The predicted octanol–water partition coefficient (Wildman–Crippen LogP) is 2.32. The van der Waals surface area contributed by atoms with Gasteiger partial charge in [-0.25, -0.2) is 0 Å². The predicted molar refractivity (Wildman–Crippen MR) is 83.4 cm³/mol. The Morgan fingerprint density at radius 3 is 2.67 bits per heavy atom. The number of nitrogens with zero attached hydrogens (tertiary/aromatic N) is 2. The third-order valence-corrected chi connectivity index (χ3v) is 5.62. The number of amides is 1. The highest BCUT2D eigenvalue weighted by molar-refractivity contribution is 6.14. The third kappa shape index (κ3) is 1.78. The lowest BCUT2D eigenvalue weighted by Gasteiger charge is -2.29. The molecule has 110 valence electrons. The molecule has 1 atom stereocenters. The van der Waals surface area contributed by atoms with Crippen LogP contribution >= 0.6 is 0 Å². The molecule has 1 heterocycles. The second-order valence-corrected chi connectivity index (χ2v) is 6.76. The fourth-order valence-corrected chi connectivity index (χ4v) is 4.49. The molecule has 2 N–H and O–H groups in total. The van der Waals surface area contributed by atoms with Crippen molar-refractivity contribution in [3.63, 3.8) is 0 Å². The number of benzene rings is 1. The van der Waals surface area contributed by atoms with E-state index in [2.05, 4.69) is 6.07 Å². The van der Waals surface area contributed by atoms with E-state index in [1.54, 1.807) is 11.9 Å². The zero-order valence-electron chi connectivity index (χ0n) is 12.4. The average molecular weight is 283 g/mol. The Morgan fingerprint density at radius 1 is 1.29 bits per heavy atom. The van der Waals surface area contributed by atoms with Crippen LogP contribution in [0.1, 0.15) is 37.7 Å². The quantitative estimate of drug-likeness (QED) is 0.860. The van der Waals surface area contributed by atoms with Crippen LogP contribution < -0.4 is 10.6 Å². The lowest BCUT2D eigenvalue weighted by Crippen LogP contribution is -2.40. The van der Waals surface area contributed by atoms with Crippen molar-refractivity contribution < 1.29 is 4.79 Å². The minimum absolute atomic E-state index is 0.124. The number of para-hydroxylation sites is 1. The van der Waals surface area contributed by atoms with Gasteiger partial charge in [0.05, 0.1) is 11.4 Å². The van der Waals surface area contributed by atoms with Crippen molar-refractivity contribution in [3.8, 4) is 0 Å². The first kappa shape index (κ1) is 13.0. The van der Waals surface area contributed by atoms with Crippen LogP contribution in [-0.2, 0) is 4.79 Å². The van der Waals surface area contributed by atoms with E-state index in [4.69, 9.17) is 10.7 Å². The molecule has 2 fully saturated rings. The molecule has 1 aromatic rings. The molecule has 2 bridgehead atoms. The summed E-state index contributed by atoms with van der Waals surface area (Å²) in [5, 5.41) is 0. The molecule has 21 heavy (non-hydrogen) atoms. The summed E-state index contributed by atoms with van der Waals surface area (Å²) in [5.41, 5.74) is 9.34. The van der Waals surface area contributed by atoms with Gasteiger partial charge in [-0.3, -0.25) is 9.79 Å². The molecule has 4 heteroatoms. The second-order valence-electron chi connectivity index (χ2n) is 6.76. The maximum absolute atomic E-state index is 12.4. The molecule has 1 aromatic carbocycles. The first-order valence-corrected chi connectivity index (χ1v) is 7.82. The molecule has 1 amide bonds. The molecule has 2 aliphatic carbocycles. The number of aliphatic imine (C=N–C) groups is 1. The third-order valence-electron chi connectivity index (χ3n) is 5.62. The van der Waals surface area contributed by atoms with Gasteiger partial charge in [-0.2, -0.15) is 0 Å². The number of carbonyl (C=O) groups excluding carboxylic acids is 1. The standard InChI is InChI=1S/C17H21N3O/c1-20-13-5-3-2-4-12(13)14(19-15(18)16(20)21)17-8-6-11(10-17)7-9-17/h2-5,11,15H,6-10,18H2,1H3. The summed E-state index contributed by atoms with van der Waals surface area (Å²) in [5.74, 6) is 0.717. The highest BCUT2D eigenvalue weighted by Gasteiger charge is 2.49. The molecule has 4 rings (SSSR count). The molecule has 0 saturated heterocycles. The SMILES string of the molecule is CN1C(=O)C(N)N=C(C23CCC(CC2)C3)c2ccccc21. The van der Waals surface area contributed by atoms with E-state index in [-0.39, 0.29) is 11.3 Å². The lowest BCUT2D eigenvalue weighted by atomic mass is 9.76. The normalized spacial score (nSPS) is 34.7. The molecule has 1 aliphatic heterocycles. The molecule has 3 aliphatic rings. The Labute approximate surface area is 125 Å². The molecule has 0 spiro atoms. The van der Waals surface area contributed by atoms with Crippen LogP contribution in [0.5, 0.6) is 0 Å². The molecular weight excluding hydrogens is 262 g/mol. The minimum atomic E-state index is -0.772. The summed E-state index contributed by atoms with van der Waals surface area (Å²) in [6.07, 6.45) is 5.40. The summed E-state index contributed by atoms with van der Waals surface area (Å²) in [6, 6.07) is 8.09. The molecule has 0 radical (unpaired) electrons. The fourth-order valence-electron chi connectivity index (χ4n) is 4.49. The first-order chi connectivity index (χ1) is 10.1. The molecule has 2 saturated carbocycles. The van der Waals surface area contributed by atoms with Crippen LogP contribution in [0.15, 0.2) is 29.3 Å². The number of fused-ring (bicyclic) bond motifs is 3. The summed E-state index contributed by atoms with van der Waals surface area (Å²) < 4.78 is 0. The molecular formula is C17H21N3O. The number of anilines is 1. The number of likely N-dealkylation sites (N-methyl/N-ethyl adjacent to an activating group) is 1. The van der Waals surface area contributed by atoms with Crippen LogP contribution in [0.2, 0.25) is 0 Å². The number of carbonyl (C=O) groups is 1. The molecule has 0 aromatic heterocycles. The van der Waals surface area contributed by atoms with E-state index in [1.807, 2.05) is 18.2 Å². The number of hydrogen-bond donors (Lipinski definition) is 1. The average Bonchev–Trinajstić information content (AvgIpc) is 3.10. The largest absolute Gasteiger partial charge is 0.312 e. The Morgan fingerprint density at radius 2 is 2.00 bits per heavy atom. The monoisotopic (exact) mass is 283 g/mol. The van der Waals surface area contributed by atoms with Gasteiger partial charge in [0.25, 0.3) is 5.91 Å². The first-order valence-electron chi connectivity index (χ1n) is 7.82. The summed E-state index contributed by atoms with van der Waals surface area (Å²) >= 11 is 0. The Hall–Kier alpha value is -1.68. The van der Waals surface area contributed by atoms with Crippen molar-refractivity contribution >= 4 is 17.3 Å². The maximum atomic E-state index is 12.4. The number of rotatable bonds is 1. The van der Waals surface area contributed by atoms with Crippen molar-refractivity contribution in [2.24, 2.45) is 22.1 Å². The highest BCUT2D eigenvalue weighted by atomic mass is 16.2. The van der Waals surface area contributed by atoms with E-state index in [9.17, 15) is 4.79 Å². The van der Waals surface area contributed by atoms with Crippen LogP contribution in [0, 0.1) is 11.3 Å². The van der Waals surface area contributed by atoms with Gasteiger partial charge in [0, 0.05) is 18.0 Å². The Kier molecular flexibility index (Phi) is 2.73. The van der Waals surface area contributed by atoms with E-state index < -0.39 is 6.17 Å². The van der Waals surface area contributed by atoms with E-state index in [0.717, 1.165) is 22.9 Å². The van der Waals surface area contributed by atoms with Crippen LogP contribution in [0.25, 0.3) is 0 Å². The van der Waals surface area contributed by atoms with E-state index in [1.165, 1.54) is 32.1 Å². The number of benzodiazepines with no additional fused rings is 1. The van der Waals surface area contributed by atoms with Gasteiger partial charge in [-0.05, 0) is 44.1 Å². The van der Waals surface area contributed by atoms with Gasteiger partial charge in [0.15, 0.2) is 6.17 Å². The van der Waals surface area contributed by atoms with Crippen LogP contribution in [0.3, 0.4) is 0 Å². The van der Waals surface area contributed by atoms with Crippen LogP contribution in [-0.4, -0.2) is 24.8 Å². The summed E-state index contributed by atoms with van der Waals surface area (Å²) in [6.45, 7) is 0. The maximum Gasteiger partial charge on any atom is 0.266 e. The van der Waals surface area contributed by atoms with Crippen molar-refractivity contribution in [1.82, 2.24) is 0 Å².